The van der Waals surface area contributed by atoms with Gasteiger partial charge in [0.25, 0.3) is 0 Å². The summed E-state index contributed by atoms with van der Waals surface area (Å²) in [5, 5.41) is 14.0. The fourth-order valence-electron chi connectivity index (χ4n) is 1.96. The van der Waals surface area contributed by atoms with Gasteiger partial charge in [-0.3, -0.25) is 0 Å². The van der Waals surface area contributed by atoms with Crippen LogP contribution >= 0.6 is 11.6 Å². The van der Waals surface area contributed by atoms with E-state index in [-0.39, 0.29) is 6.04 Å². The van der Waals surface area contributed by atoms with Crippen molar-refractivity contribution < 1.29 is 5.11 Å². The Hall–Kier alpha value is -1.67. The third-order valence-corrected chi connectivity index (χ3v) is 3.12. The zero-order chi connectivity index (χ0) is 13.0. The van der Waals surface area contributed by atoms with Crippen molar-refractivity contribution in [2.45, 2.75) is 19.4 Å². The summed E-state index contributed by atoms with van der Waals surface area (Å²) in [5.41, 5.74) is 1.86. The van der Waals surface area contributed by atoms with E-state index in [0.29, 0.717) is 10.8 Å². The van der Waals surface area contributed by atoms with Crippen molar-refractivity contribution in [3.63, 3.8) is 0 Å². The standard InChI is InChI=1S/C15H16ClNO/c1-2-14(13-8-3-4-9-15(13)18)17-12-7-5-6-11(16)10-12/h3-10,14,17-18H,2H2,1H3. The van der Waals surface area contributed by atoms with E-state index in [9.17, 15) is 5.11 Å². The first kappa shape index (κ1) is 12.8. The van der Waals surface area contributed by atoms with Gasteiger partial charge in [0.15, 0.2) is 0 Å². The molecule has 0 saturated carbocycles. The Balaban J connectivity index is 2.23. The topological polar surface area (TPSA) is 32.3 Å². The van der Waals surface area contributed by atoms with Gasteiger partial charge in [0.2, 0.25) is 0 Å². The fourth-order valence-corrected chi connectivity index (χ4v) is 2.15. The van der Waals surface area contributed by atoms with E-state index in [4.69, 9.17) is 11.6 Å². The van der Waals surface area contributed by atoms with Crippen LogP contribution in [0.5, 0.6) is 5.75 Å². The van der Waals surface area contributed by atoms with Crippen molar-refractivity contribution in [2.75, 3.05) is 5.32 Å². The van der Waals surface area contributed by atoms with Crippen molar-refractivity contribution in [2.24, 2.45) is 0 Å². The number of para-hydroxylation sites is 1. The van der Waals surface area contributed by atoms with Crippen LogP contribution in [-0.4, -0.2) is 5.11 Å². The minimum absolute atomic E-state index is 0.0738. The van der Waals surface area contributed by atoms with Crippen LogP contribution in [-0.2, 0) is 0 Å². The minimum Gasteiger partial charge on any atom is -0.508 e. The lowest BCUT2D eigenvalue weighted by Gasteiger charge is -2.19. The van der Waals surface area contributed by atoms with Gasteiger partial charge in [0, 0.05) is 16.3 Å². The first-order valence-corrected chi connectivity index (χ1v) is 6.38. The van der Waals surface area contributed by atoms with Crippen molar-refractivity contribution >= 4 is 17.3 Å². The predicted molar refractivity (Wildman–Crippen MR) is 76.2 cm³/mol. The quantitative estimate of drug-likeness (QED) is 0.842. The van der Waals surface area contributed by atoms with Gasteiger partial charge in [-0.05, 0) is 30.7 Å². The van der Waals surface area contributed by atoms with Crippen molar-refractivity contribution in [3.8, 4) is 5.75 Å². The smallest absolute Gasteiger partial charge is 0.120 e. The van der Waals surface area contributed by atoms with Crippen LogP contribution in [0, 0.1) is 0 Å². The molecule has 0 spiro atoms. The first-order chi connectivity index (χ1) is 8.70. The predicted octanol–water partition coefficient (Wildman–Crippen LogP) is 4.61. The molecule has 3 heteroatoms. The largest absolute Gasteiger partial charge is 0.508 e. The molecule has 0 fully saturated rings. The summed E-state index contributed by atoms with van der Waals surface area (Å²) in [6.45, 7) is 2.08. The van der Waals surface area contributed by atoms with E-state index in [2.05, 4.69) is 12.2 Å². The van der Waals surface area contributed by atoms with Gasteiger partial charge in [-0.15, -0.1) is 0 Å². The van der Waals surface area contributed by atoms with Gasteiger partial charge in [-0.1, -0.05) is 42.8 Å². The van der Waals surface area contributed by atoms with Gasteiger partial charge in [0.05, 0.1) is 6.04 Å². The first-order valence-electron chi connectivity index (χ1n) is 6.00. The highest BCUT2D eigenvalue weighted by Gasteiger charge is 2.12. The molecule has 2 aromatic carbocycles. The number of nitrogens with one attached hydrogen (secondary N) is 1. The van der Waals surface area contributed by atoms with Gasteiger partial charge >= 0.3 is 0 Å². The summed E-state index contributed by atoms with van der Waals surface area (Å²) in [4.78, 5) is 0. The molecule has 1 atom stereocenters. The second kappa shape index (κ2) is 5.78. The van der Waals surface area contributed by atoms with E-state index in [1.807, 2.05) is 42.5 Å². The summed E-state index contributed by atoms with van der Waals surface area (Å²) in [6, 6.07) is 15.1. The Morgan fingerprint density at radius 3 is 2.61 bits per heavy atom. The number of halogens is 1. The number of anilines is 1. The summed E-state index contributed by atoms with van der Waals surface area (Å²) >= 11 is 5.96. The van der Waals surface area contributed by atoms with Crippen LogP contribution in [0.1, 0.15) is 24.9 Å². The second-order valence-electron chi connectivity index (χ2n) is 4.17. The van der Waals surface area contributed by atoms with E-state index in [0.717, 1.165) is 17.7 Å². The molecule has 0 saturated heterocycles. The molecule has 2 N–H and O–H groups in total. The van der Waals surface area contributed by atoms with Crippen LogP contribution in [0.4, 0.5) is 5.69 Å². The minimum atomic E-state index is 0.0738. The molecule has 0 aromatic heterocycles. The Labute approximate surface area is 112 Å². The number of phenols is 1. The number of rotatable bonds is 4. The molecular formula is C15H16ClNO. The lowest BCUT2D eigenvalue weighted by atomic mass is 10.0. The summed E-state index contributed by atoms with van der Waals surface area (Å²) in [7, 11) is 0. The van der Waals surface area contributed by atoms with Crippen LogP contribution in [0.25, 0.3) is 0 Å². The lowest BCUT2D eigenvalue weighted by Crippen LogP contribution is -2.09. The normalized spacial score (nSPS) is 12.1. The van der Waals surface area contributed by atoms with Gasteiger partial charge in [-0.2, -0.15) is 0 Å². The molecule has 1 unspecified atom stereocenters. The molecule has 0 aliphatic carbocycles. The maximum absolute atomic E-state index is 9.88. The highest BCUT2D eigenvalue weighted by molar-refractivity contribution is 6.30. The van der Waals surface area contributed by atoms with Crippen LogP contribution in [0.3, 0.4) is 0 Å². The Morgan fingerprint density at radius 1 is 1.17 bits per heavy atom. The third-order valence-electron chi connectivity index (χ3n) is 2.89. The average molecular weight is 262 g/mol. The number of phenolic OH excluding ortho intramolecular Hbond substituents is 1. The molecule has 0 heterocycles. The van der Waals surface area contributed by atoms with E-state index < -0.39 is 0 Å². The summed E-state index contributed by atoms with van der Waals surface area (Å²) in [5.74, 6) is 0.318. The number of hydrogen-bond donors (Lipinski definition) is 2. The molecular weight excluding hydrogens is 246 g/mol. The zero-order valence-electron chi connectivity index (χ0n) is 10.2. The maximum atomic E-state index is 9.88. The van der Waals surface area contributed by atoms with E-state index in [1.165, 1.54) is 0 Å². The number of benzene rings is 2. The second-order valence-corrected chi connectivity index (χ2v) is 4.61. The van der Waals surface area contributed by atoms with Crippen molar-refractivity contribution in [1.82, 2.24) is 0 Å². The molecule has 2 aromatic rings. The van der Waals surface area contributed by atoms with Crippen molar-refractivity contribution in [1.29, 1.82) is 0 Å². The van der Waals surface area contributed by atoms with Crippen LogP contribution < -0.4 is 5.32 Å². The monoisotopic (exact) mass is 261 g/mol. The molecule has 0 aliphatic rings. The van der Waals surface area contributed by atoms with Gasteiger partial charge in [-0.25, -0.2) is 0 Å². The van der Waals surface area contributed by atoms with Crippen LogP contribution in [0.2, 0.25) is 5.02 Å². The number of aromatic hydroxyl groups is 1. The molecule has 0 aliphatic heterocycles. The molecule has 94 valence electrons. The molecule has 0 bridgehead atoms. The Bertz CT molecular complexity index is 527. The number of hydrogen-bond acceptors (Lipinski definition) is 2. The van der Waals surface area contributed by atoms with E-state index >= 15 is 0 Å². The van der Waals surface area contributed by atoms with E-state index in [1.54, 1.807) is 6.07 Å². The molecule has 0 amide bonds. The van der Waals surface area contributed by atoms with Gasteiger partial charge in [0.1, 0.15) is 5.75 Å². The molecule has 18 heavy (non-hydrogen) atoms. The Kier molecular flexibility index (Phi) is 4.11. The molecule has 2 nitrogen and oxygen atoms in total. The average Bonchev–Trinajstić information content (AvgIpc) is 2.37. The highest BCUT2D eigenvalue weighted by atomic mass is 35.5. The Morgan fingerprint density at radius 2 is 1.94 bits per heavy atom. The van der Waals surface area contributed by atoms with Crippen molar-refractivity contribution in [3.05, 3.63) is 59.1 Å². The fraction of sp³-hybridized carbons (Fsp3) is 0.200. The SMILES string of the molecule is CCC(Nc1cccc(Cl)c1)c1ccccc1O. The summed E-state index contributed by atoms with van der Waals surface area (Å²) < 4.78 is 0. The lowest BCUT2D eigenvalue weighted by molar-refractivity contribution is 0.463. The zero-order valence-corrected chi connectivity index (χ0v) is 11.0. The molecule has 2 rings (SSSR count). The maximum Gasteiger partial charge on any atom is 0.120 e. The summed E-state index contributed by atoms with van der Waals surface area (Å²) in [6.07, 6.45) is 0.879. The third kappa shape index (κ3) is 2.96. The van der Waals surface area contributed by atoms with Crippen LogP contribution in [0.15, 0.2) is 48.5 Å². The highest BCUT2D eigenvalue weighted by Crippen LogP contribution is 2.29. The molecule has 0 radical (unpaired) electrons. The van der Waals surface area contributed by atoms with Gasteiger partial charge < -0.3 is 10.4 Å².